The lowest BCUT2D eigenvalue weighted by molar-refractivity contribution is 0.196. The smallest absolute Gasteiger partial charge is 0.120 e. The summed E-state index contributed by atoms with van der Waals surface area (Å²) in [5.74, 6) is 0.957. The summed E-state index contributed by atoms with van der Waals surface area (Å²) in [6.45, 7) is 7.62. The Morgan fingerprint density at radius 3 is 2.55 bits per heavy atom. The van der Waals surface area contributed by atoms with Crippen LogP contribution in [0.5, 0.6) is 5.75 Å². The van der Waals surface area contributed by atoms with Crippen LogP contribution < -0.4 is 10.1 Å². The first-order chi connectivity index (χ1) is 9.69. The van der Waals surface area contributed by atoms with Gasteiger partial charge in [0.05, 0.1) is 6.10 Å². The summed E-state index contributed by atoms with van der Waals surface area (Å²) in [5.41, 5.74) is 0. The highest BCUT2D eigenvalue weighted by Crippen LogP contribution is 2.22. The first-order valence-corrected chi connectivity index (χ1v) is 7.58. The zero-order valence-electron chi connectivity index (χ0n) is 12.7. The van der Waals surface area contributed by atoms with Crippen LogP contribution in [0.4, 0.5) is 0 Å². The Kier molecular flexibility index (Phi) is 5.42. The van der Waals surface area contributed by atoms with Crippen LogP contribution in [0.15, 0.2) is 42.5 Å². The molecule has 108 valence electrons. The average molecular weight is 271 g/mol. The van der Waals surface area contributed by atoms with Gasteiger partial charge < -0.3 is 10.1 Å². The number of fused-ring (bicyclic) bond motifs is 1. The number of benzene rings is 2. The summed E-state index contributed by atoms with van der Waals surface area (Å²) < 4.78 is 6.03. The maximum Gasteiger partial charge on any atom is 0.120 e. The van der Waals surface area contributed by atoms with Gasteiger partial charge in [0, 0.05) is 6.04 Å². The molecule has 0 spiro atoms. The zero-order chi connectivity index (χ0) is 14.4. The summed E-state index contributed by atoms with van der Waals surface area (Å²) in [6.07, 6.45) is 2.41. The number of rotatable bonds is 7. The summed E-state index contributed by atoms with van der Waals surface area (Å²) >= 11 is 0. The van der Waals surface area contributed by atoms with Gasteiger partial charge >= 0.3 is 0 Å². The molecule has 2 unspecified atom stereocenters. The van der Waals surface area contributed by atoms with E-state index in [2.05, 4.69) is 68.6 Å². The highest BCUT2D eigenvalue weighted by molar-refractivity contribution is 5.83. The van der Waals surface area contributed by atoms with Crippen molar-refractivity contribution in [2.45, 2.75) is 45.8 Å². The van der Waals surface area contributed by atoms with Gasteiger partial charge in [-0.25, -0.2) is 0 Å². The molecule has 2 rings (SSSR count). The quantitative estimate of drug-likeness (QED) is 0.806. The van der Waals surface area contributed by atoms with Crippen LogP contribution in [0.3, 0.4) is 0 Å². The molecule has 2 atom stereocenters. The van der Waals surface area contributed by atoms with E-state index < -0.39 is 0 Å². The van der Waals surface area contributed by atoms with Crippen molar-refractivity contribution in [2.75, 3.05) is 6.54 Å². The second-order valence-corrected chi connectivity index (χ2v) is 5.53. The Morgan fingerprint density at radius 1 is 1.05 bits per heavy atom. The second kappa shape index (κ2) is 7.30. The molecule has 20 heavy (non-hydrogen) atoms. The molecule has 0 aliphatic heterocycles. The fraction of sp³-hybridized carbons (Fsp3) is 0.444. The van der Waals surface area contributed by atoms with E-state index >= 15 is 0 Å². The number of ether oxygens (including phenoxy) is 1. The van der Waals surface area contributed by atoms with Gasteiger partial charge in [-0.2, -0.15) is 0 Å². The van der Waals surface area contributed by atoms with Crippen LogP contribution in [0.2, 0.25) is 0 Å². The molecule has 2 nitrogen and oxygen atoms in total. The van der Waals surface area contributed by atoms with E-state index in [1.165, 1.54) is 17.2 Å². The molecule has 0 aliphatic rings. The zero-order valence-corrected chi connectivity index (χ0v) is 12.7. The molecule has 2 heteroatoms. The summed E-state index contributed by atoms with van der Waals surface area (Å²) in [4.78, 5) is 0. The third-order valence-electron chi connectivity index (χ3n) is 3.49. The maximum atomic E-state index is 6.03. The molecule has 0 aromatic heterocycles. The molecular weight excluding hydrogens is 246 g/mol. The first kappa shape index (κ1) is 14.9. The van der Waals surface area contributed by atoms with Crippen molar-refractivity contribution in [3.05, 3.63) is 42.5 Å². The highest BCUT2D eigenvalue weighted by Gasteiger charge is 2.09. The Hall–Kier alpha value is -1.54. The van der Waals surface area contributed by atoms with Gasteiger partial charge in [0.25, 0.3) is 0 Å². The van der Waals surface area contributed by atoms with Crippen LogP contribution in [0, 0.1) is 0 Å². The molecule has 0 aliphatic carbocycles. The molecule has 0 amide bonds. The predicted octanol–water partition coefficient (Wildman–Crippen LogP) is 4.39. The van der Waals surface area contributed by atoms with Crippen molar-refractivity contribution in [3.8, 4) is 5.75 Å². The minimum atomic E-state index is 0.218. The van der Waals surface area contributed by atoms with E-state index in [-0.39, 0.29) is 6.10 Å². The topological polar surface area (TPSA) is 21.3 Å². The minimum absolute atomic E-state index is 0.218. The van der Waals surface area contributed by atoms with Gasteiger partial charge in [-0.3, -0.25) is 0 Å². The Morgan fingerprint density at radius 2 is 1.80 bits per heavy atom. The normalized spacial score (nSPS) is 14.2. The third-order valence-corrected chi connectivity index (χ3v) is 3.49. The number of hydrogen-bond donors (Lipinski definition) is 1. The average Bonchev–Trinajstić information content (AvgIpc) is 2.44. The molecule has 2 aromatic rings. The summed E-state index contributed by atoms with van der Waals surface area (Å²) in [5, 5.41) is 5.98. The molecule has 2 aromatic carbocycles. The van der Waals surface area contributed by atoms with Gasteiger partial charge in [-0.05, 0) is 56.1 Å². The third kappa shape index (κ3) is 4.24. The van der Waals surface area contributed by atoms with Gasteiger partial charge in [-0.15, -0.1) is 0 Å². The Labute approximate surface area is 122 Å². The Bertz CT molecular complexity index is 538. The molecule has 0 saturated heterocycles. The molecule has 0 saturated carbocycles. The lowest BCUT2D eigenvalue weighted by Gasteiger charge is -2.20. The highest BCUT2D eigenvalue weighted by atomic mass is 16.5. The van der Waals surface area contributed by atoms with Crippen molar-refractivity contribution in [2.24, 2.45) is 0 Å². The molecule has 0 bridgehead atoms. The van der Waals surface area contributed by atoms with Crippen molar-refractivity contribution in [3.63, 3.8) is 0 Å². The van der Waals surface area contributed by atoms with E-state index in [4.69, 9.17) is 4.74 Å². The molecule has 0 fully saturated rings. The van der Waals surface area contributed by atoms with Crippen LogP contribution in [0.1, 0.15) is 33.6 Å². The van der Waals surface area contributed by atoms with Crippen molar-refractivity contribution in [1.29, 1.82) is 0 Å². The van der Waals surface area contributed by atoms with E-state index in [0.29, 0.717) is 6.04 Å². The van der Waals surface area contributed by atoms with E-state index in [9.17, 15) is 0 Å². The molecular formula is C18H25NO. The SMILES string of the molecule is CCCNC(C)CC(C)Oc1ccc2ccccc2c1. The lowest BCUT2D eigenvalue weighted by atomic mass is 10.1. The predicted molar refractivity (Wildman–Crippen MR) is 86.4 cm³/mol. The largest absolute Gasteiger partial charge is 0.491 e. The Balaban J connectivity index is 1.93. The van der Waals surface area contributed by atoms with Gasteiger partial charge in [0.2, 0.25) is 0 Å². The second-order valence-electron chi connectivity index (χ2n) is 5.53. The van der Waals surface area contributed by atoms with E-state index in [1.807, 2.05) is 0 Å². The molecule has 0 heterocycles. The fourth-order valence-corrected chi connectivity index (χ4v) is 2.49. The maximum absolute atomic E-state index is 6.03. The van der Waals surface area contributed by atoms with Crippen molar-refractivity contribution >= 4 is 10.8 Å². The van der Waals surface area contributed by atoms with Gasteiger partial charge in [0.1, 0.15) is 5.75 Å². The number of nitrogens with one attached hydrogen (secondary N) is 1. The van der Waals surface area contributed by atoms with E-state index in [0.717, 1.165) is 18.7 Å². The van der Waals surface area contributed by atoms with Crippen LogP contribution in [-0.2, 0) is 0 Å². The van der Waals surface area contributed by atoms with Crippen LogP contribution >= 0.6 is 0 Å². The van der Waals surface area contributed by atoms with E-state index in [1.54, 1.807) is 0 Å². The lowest BCUT2D eigenvalue weighted by Crippen LogP contribution is -2.31. The number of hydrogen-bond acceptors (Lipinski definition) is 2. The van der Waals surface area contributed by atoms with Gasteiger partial charge in [-0.1, -0.05) is 37.3 Å². The van der Waals surface area contributed by atoms with Crippen LogP contribution in [-0.4, -0.2) is 18.7 Å². The fourth-order valence-electron chi connectivity index (χ4n) is 2.49. The van der Waals surface area contributed by atoms with Gasteiger partial charge in [0.15, 0.2) is 0 Å². The summed E-state index contributed by atoms with van der Waals surface area (Å²) in [6, 6.07) is 15.2. The first-order valence-electron chi connectivity index (χ1n) is 7.58. The van der Waals surface area contributed by atoms with Crippen LogP contribution in [0.25, 0.3) is 10.8 Å². The standard InChI is InChI=1S/C18H25NO/c1-4-11-19-14(2)12-15(3)20-18-10-9-16-7-5-6-8-17(16)13-18/h5-10,13-15,19H,4,11-12H2,1-3H3. The van der Waals surface area contributed by atoms with Crippen molar-refractivity contribution in [1.82, 2.24) is 5.32 Å². The van der Waals surface area contributed by atoms with Crippen molar-refractivity contribution < 1.29 is 4.74 Å². The molecule has 1 N–H and O–H groups in total. The summed E-state index contributed by atoms with van der Waals surface area (Å²) in [7, 11) is 0. The monoisotopic (exact) mass is 271 g/mol. The minimum Gasteiger partial charge on any atom is -0.491 e. The molecule has 0 radical (unpaired) electrons.